The normalized spacial score (nSPS) is 9.50. The van der Waals surface area contributed by atoms with Crippen LogP contribution in [0.5, 0.6) is 0 Å². The minimum absolute atomic E-state index is 0.00672. The van der Waals surface area contributed by atoms with Crippen LogP contribution in [0, 0.1) is 11.8 Å². The first kappa shape index (κ1) is 14.5. The minimum atomic E-state index is -0.241. The van der Waals surface area contributed by atoms with E-state index in [1.54, 1.807) is 18.2 Å². The average molecular weight is 267 g/mol. The Morgan fingerprint density at radius 2 is 2.33 bits per heavy atom. The molecule has 1 aromatic carbocycles. The van der Waals surface area contributed by atoms with Gasteiger partial charge in [-0.1, -0.05) is 23.4 Å². The molecule has 0 atom stereocenters. The van der Waals surface area contributed by atoms with Crippen LogP contribution in [0.3, 0.4) is 0 Å². The van der Waals surface area contributed by atoms with E-state index in [1.165, 1.54) is 0 Å². The van der Waals surface area contributed by atoms with Crippen LogP contribution in [-0.4, -0.2) is 25.7 Å². The number of benzene rings is 1. The maximum Gasteiger partial charge on any atom is 0.250 e. The summed E-state index contributed by atoms with van der Waals surface area (Å²) in [5.74, 6) is 5.36. The number of hydrogen-bond acceptors (Lipinski definition) is 3. The minimum Gasteiger partial charge on any atom is -0.372 e. The fourth-order valence-electron chi connectivity index (χ4n) is 1.26. The Bertz CT molecular complexity index is 478. The van der Waals surface area contributed by atoms with Crippen molar-refractivity contribution in [2.75, 3.05) is 25.1 Å². The highest BCUT2D eigenvalue weighted by atomic mass is 35.5. The molecule has 0 radical (unpaired) electrons. The Morgan fingerprint density at radius 1 is 1.56 bits per heavy atom. The third kappa shape index (κ3) is 4.76. The van der Waals surface area contributed by atoms with Gasteiger partial charge in [-0.05, 0) is 25.1 Å². The van der Waals surface area contributed by atoms with Gasteiger partial charge in [0, 0.05) is 17.2 Å². The molecular formula is C13H15ClN2O2. The maximum absolute atomic E-state index is 11.6. The molecule has 0 bridgehead atoms. The number of anilines is 1. The Morgan fingerprint density at radius 3 is 3.00 bits per heavy atom. The van der Waals surface area contributed by atoms with Crippen molar-refractivity contribution in [3.63, 3.8) is 0 Å². The van der Waals surface area contributed by atoms with Gasteiger partial charge in [-0.15, -0.1) is 0 Å². The summed E-state index contributed by atoms with van der Waals surface area (Å²) >= 11 is 5.88. The molecule has 0 aromatic heterocycles. The number of halogens is 1. The van der Waals surface area contributed by atoms with E-state index in [4.69, 9.17) is 22.1 Å². The fraction of sp³-hybridized carbons (Fsp3) is 0.308. The smallest absolute Gasteiger partial charge is 0.250 e. The van der Waals surface area contributed by atoms with Crippen molar-refractivity contribution >= 4 is 23.2 Å². The number of carbonyl (C=O) groups excluding carboxylic acids is 1. The first-order valence-electron chi connectivity index (χ1n) is 5.53. The van der Waals surface area contributed by atoms with Gasteiger partial charge in [-0.3, -0.25) is 4.79 Å². The molecular weight excluding hydrogens is 252 g/mol. The van der Waals surface area contributed by atoms with Crippen molar-refractivity contribution in [1.29, 1.82) is 0 Å². The highest BCUT2D eigenvalue weighted by Crippen LogP contribution is 2.20. The fourth-order valence-corrected chi connectivity index (χ4v) is 1.43. The summed E-state index contributed by atoms with van der Waals surface area (Å²) in [6.45, 7) is 2.58. The summed E-state index contributed by atoms with van der Waals surface area (Å²) in [4.78, 5) is 11.6. The summed E-state index contributed by atoms with van der Waals surface area (Å²) in [5.41, 5.74) is 6.56. The molecule has 1 amide bonds. The van der Waals surface area contributed by atoms with E-state index in [0.29, 0.717) is 22.9 Å². The lowest BCUT2D eigenvalue weighted by Crippen LogP contribution is -2.18. The van der Waals surface area contributed by atoms with Crippen LogP contribution in [0.15, 0.2) is 18.2 Å². The summed E-state index contributed by atoms with van der Waals surface area (Å²) < 4.78 is 5.02. The highest BCUT2D eigenvalue weighted by Gasteiger charge is 2.06. The van der Waals surface area contributed by atoms with Crippen LogP contribution < -0.4 is 11.1 Å². The monoisotopic (exact) mass is 266 g/mol. The highest BCUT2D eigenvalue weighted by molar-refractivity contribution is 6.31. The molecule has 0 spiro atoms. The van der Waals surface area contributed by atoms with E-state index in [9.17, 15) is 4.79 Å². The van der Waals surface area contributed by atoms with E-state index in [0.717, 1.165) is 0 Å². The first-order chi connectivity index (χ1) is 8.67. The number of nitrogens with two attached hydrogens (primary N) is 1. The van der Waals surface area contributed by atoms with Gasteiger partial charge in [-0.25, -0.2) is 0 Å². The van der Waals surface area contributed by atoms with Crippen LogP contribution in [-0.2, 0) is 9.53 Å². The van der Waals surface area contributed by atoms with E-state index in [2.05, 4.69) is 17.2 Å². The zero-order chi connectivity index (χ0) is 13.4. The molecule has 0 saturated heterocycles. The second-order valence-corrected chi connectivity index (χ2v) is 3.82. The molecule has 4 nitrogen and oxygen atoms in total. The Labute approximate surface area is 111 Å². The SMILES string of the molecule is CCOCC(=O)Nc1cc(Cl)ccc1C#CCN. The Hall–Kier alpha value is -1.54. The molecule has 1 rings (SSSR count). The molecule has 3 N–H and O–H groups in total. The Balaban J connectivity index is 2.85. The quantitative estimate of drug-likeness (QED) is 0.814. The van der Waals surface area contributed by atoms with Crippen molar-refractivity contribution < 1.29 is 9.53 Å². The number of ether oxygens (including phenoxy) is 1. The van der Waals surface area contributed by atoms with Crippen molar-refractivity contribution in [2.24, 2.45) is 5.73 Å². The number of rotatable bonds is 4. The van der Waals surface area contributed by atoms with Gasteiger partial charge in [-0.2, -0.15) is 0 Å². The van der Waals surface area contributed by atoms with Gasteiger partial charge in [0.05, 0.1) is 12.2 Å². The van der Waals surface area contributed by atoms with E-state index >= 15 is 0 Å². The summed E-state index contributed by atoms with van der Waals surface area (Å²) in [6.07, 6.45) is 0. The van der Waals surface area contributed by atoms with E-state index < -0.39 is 0 Å². The lowest BCUT2D eigenvalue weighted by molar-refractivity contribution is -0.120. The second-order valence-electron chi connectivity index (χ2n) is 3.38. The molecule has 96 valence electrons. The van der Waals surface area contributed by atoms with Gasteiger partial charge in [0.15, 0.2) is 0 Å². The van der Waals surface area contributed by atoms with Gasteiger partial charge >= 0.3 is 0 Å². The molecule has 18 heavy (non-hydrogen) atoms. The number of carbonyl (C=O) groups is 1. The lowest BCUT2D eigenvalue weighted by Gasteiger charge is -2.08. The number of amides is 1. The zero-order valence-electron chi connectivity index (χ0n) is 10.1. The van der Waals surface area contributed by atoms with Gasteiger partial charge in [0.2, 0.25) is 5.91 Å². The predicted octanol–water partition coefficient (Wildman–Crippen LogP) is 1.63. The molecule has 1 aromatic rings. The third-order valence-corrected chi connectivity index (χ3v) is 2.25. The van der Waals surface area contributed by atoms with Crippen LogP contribution in [0.25, 0.3) is 0 Å². The predicted molar refractivity (Wildman–Crippen MR) is 72.5 cm³/mol. The molecule has 0 unspecified atom stereocenters. The number of nitrogens with one attached hydrogen (secondary N) is 1. The topological polar surface area (TPSA) is 64.3 Å². The van der Waals surface area contributed by atoms with Crippen molar-refractivity contribution in [3.8, 4) is 11.8 Å². The summed E-state index contributed by atoms with van der Waals surface area (Å²) in [5, 5.41) is 3.23. The van der Waals surface area contributed by atoms with Crippen molar-refractivity contribution in [3.05, 3.63) is 28.8 Å². The molecule has 0 aliphatic heterocycles. The van der Waals surface area contributed by atoms with Gasteiger partial charge in [0.1, 0.15) is 6.61 Å². The van der Waals surface area contributed by atoms with E-state index in [1.807, 2.05) is 6.92 Å². The van der Waals surface area contributed by atoms with E-state index in [-0.39, 0.29) is 19.1 Å². The summed E-state index contributed by atoms with van der Waals surface area (Å²) in [6, 6.07) is 5.09. The second kappa shape index (κ2) is 7.72. The van der Waals surface area contributed by atoms with Crippen molar-refractivity contribution in [1.82, 2.24) is 0 Å². The standard InChI is InChI=1S/C13H15ClN2O2/c1-2-18-9-13(17)16-12-8-11(14)6-5-10(12)4-3-7-15/h5-6,8H,2,7,9,15H2,1H3,(H,16,17). The third-order valence-electron chi connectivity index (χ3n) is 2.02. The molecule has 5 heteroatoms. The Kier molecular flexibility index (Phi) is 6.23. The zero-order valence-corrected chi connectivity index (χ0v) is 10.9. The molecule has 0 saturated carbocycles. The van der Waals surface area contributed by atoms with Gasteiger partial charge < -0.3 is 15.8 Å². The molecule has 0 fully saturated rings. The lowest BCUT2D eigenvalue weighted by atomic mass is 10.2. The van der Waals surface area contributed by atoms with Crippen LogP contribution >= 0.6 is 11.6 Å². The van der Waals surface area contributed by atoms with Crippen LogP contribution in [0.2, 0.25) is 5.02 Å². The largest absolute Gasteiger partial charge is 0.372 e. The summed E-state index contributed by atoms with van der Waals surface area (Å²) in [7, 11) is 0. The van der Waals surface area contributed by atoms with Crippen LogP contribution in [0.4, 0.5) is 5.69 Å². The maximum atomic E-state index is 11.6. The average Bonchev–Trinajstić information content (AvgIpc) is 2.35. The molecule has 0 aliphatic carbocycles. The molecule has 0 heterocycles. The molecule has 0 aliphatic rings. The van der Waals surface area contributed by atoms with Gasteiger partial charge in [0.25, 0.3) is 0 Å². The van der Waals surface area contributed by atoms with Crippen molar-refractivity contribution in [2.45, 2.75) is 6.92 Å². The number of hydrogen-bond donors (Lipinski definition) is 2. The first-order valence-corrected chi connectivity index (χ1v) is 5.91. The van der Waals surface area contributed by atoms with Crippen LogP contribution in [0.1, 0.15) is 12.5 Å².